The first-order chi connectivity index (χ1) is 7.53. The molecule has 0 N–H and O–H groups in total. The average molecular weight is 218 g/mol. The summed E-state index contributed by atoms with van der Waals surface area (Å²) in [4.78, 5) is 0. The topological polar surface area (TPSA) is 0 Å². The molecular weight excluding hydrogens is 192 g/mol. The number of allylic oxidation sites excluding steroid dienone is 8. The van der Waals surface area contributed by atoms with Gasteiger partial charge in [-0.1, -0.05) is 49.5 Å². The van der Waals surface area contributed by atoms with Gasteiger partial charge in [-0.3, -0.25) is 0 Å². The summed E-state index contributed by atoms with van der Waals surface area (Å²) in [5, 5.41) is 0. The largest absolute Gasteiger partial charge is 0.103 e. The Hall–Kier alpha value is -1.30. The first-order valence-electron chi connectivity index (χ1n) is 5.76. The average Bonchev–Trinajstić information content (AvgIpc) is 2.26. The summed E-state index contributed by atoms with van der Waals surface area (Å²) >= 11 is 0. The summed E-state index contributed by atoms with van der Waals surface area (Å²) in [5.41, 5.74) is 3.71. The molecule has 0 aromatic carbocycles. The Balaban J connectivity index is 0. The molecule has 0 heterocycles. The molecule has 0 rings (SSSR count). The van der Waals surface area contributed by atoms with Crippen LogP contribution in [0.5, 0.6) is 0 Å². The summed E-state index contributed by atoms with van der Waals surface area (Å²) in [7, 11) is 0. The molecule has 0 aromatic heterocycles. The van der Waals surface area contributed by atoms with Crippen LogP contribution in [0.1, 0.15) is 41.0 Å². The highest BCUT2D eigenvalue weighted by Gasteiger charge is 1.89. The summed E-state index contributed by atoms with van der Waals surface area (Å²) in [5.74, 6) is 0. The Bertz CT molecular complexity index is 285. The molecule has 0 bridgehead atoms. The van der Waals surface area contributed by atoms with Gasteiger partial charge in [0.25, 0.3) is 0 Å². The van der Waals surface area contributed by atoms with Crippen molar-refractivity contribution >= 4 is 0 Å². The van der Waals surface area contributed by atoms with E-state index in [9.17, 15) is 0 Å². The molecule has 0 nitrogen and oxygen atoms in total. The fraction of sp³-hybridized carbons (Fsp3) is 0.375. The van der Waals surface area contributed by atoms with E-state index in [1.165, 1.54) is 11.1 Å². The molecule has 0 aliphatic heterocycles. The van der Waals surface area contributed by atoms with Gasteiger partial charge in [-0.15, -0.1) is 6.58 Å². The zero-order valence-corrected chi connectivity index (χ0v) is 11.5. The minimum absolute atomic E-state index is 1.09. The van der Waals surface area contributed by atoms with Gasteiger partial charge in [0, 0.05) is 0 Å². The quantitative estimate of drug-likeness (QED) is 0.425. The van der Waals surface area contributed by atoms with Crippen molar-refractivity contribution in [3.8, 4) is 0 Å². The fourth-order valence-electron chi connectivity index (χ4n) is 0.825. The second kappa shape index (κ2) is 11.8. The Morgan fingerprint density at radius 3 is 2.00 bits per heavy atom. The predicted molar refractivity (Wildman–Crippen MR) is 77.6 cm³/mol. The van der Waals surface area contributed by atoms with E-state index < -0.39 is 0 Å². The molecule has 0 heteroatoms. The lowest BCUT2D eigenvalue weighted by atomic mass is 10.1. The molecule has 0 amide bonds. The van der Waals surface area contributed by atoms with E-state index in [0.717, 1.165) is 12.0 Å². The van der Waals surface area contributed by atoms with Crippen LogP contribution in [0.25, 0.3) is 0 Å². The van der Waals surface area contributed by atoms with Gasteiger partial charge in [-0.05, 0) is 45.3 Å². The molecule has 0 fully saturated rings. The van der Waals surface area contributed by atoms with Crippen molar-refractivity contribution in [1.29, 1.82) is 0 Å². The maximum absolute atomic E-state index is 3.96. The van der Waals surface area contributed by atoms with Gasteiger partial charge in [0.2, 0.25) is 0 Å². The van der Waals surface area contributed by atoms with Crippen LogP contribution in [0.3, 0.4) is 0 Å². The van der Waals surface area contributed by atoms with Crippen LogP contribution < -0.4 is 0 Å². The number of rotatable bonds is 4. The Kier molecular flexibility index (Phi) is 12.6. The molecule has 16 heavy (non-hydrogen) atoms. The Morgan fingerprint density at radius 1 is 1.12 bits per heavy atom. The molecule has 0 radical (unpaired) electrons. The minimum atomic E-state index is 1.09. The molecule has 0 aromatic rings. The zero-order chi connectivity index (χ0) is 13.0. The highest BCUT2D eigenvalue weighted by atomic mass is 13.9. The van der Waals surface area contributed by atoms with Crippen LogP contribution in [0.2, 0.25) is 0 Å². The number of hydrogen-bond donors (Lipinski definition) is 0. The van der Waals surface area contributed by atoms with Crippen LogP contribution in [0, 0.1) is 0 Å². The van der Waals surface area contributed by atoms with Gasteiger partial charge in [-0.25, -0.2) is 0 Å². The highest BCUT2D eigenvalue weighted by molar-refractivity contribution is 5.38. The van der Waals surface area contributed by atoms with Crippen molar-refractivity contribution in [1.82, 2.24) is 0 Å². The maximum Gasteiger partial charge on any atom is -0.0303 e. The van der Waals surface area contributed by atoms with E-state index in [1.54, 1.807) is 6.08 Å². The molecule has 0 unspecified atom stereocenters. The molecule has 0 saturated heterocycles. The second-order valence-corrected chi connectivity index (χ2v) is 3.65. The van der Waals surface area contributed by atoms with Crippen molar-refractivity contribution in [2.75, 3.05) is 0 Å². The molecule has 0 saturated carbocycles. The smallest absolute Gasteiger partial charge is 0.0303 e. The van der Waals surface area contributed by atoms with Gasteiger partial charge < -0.3 is 0 Å². The van der Waals surface area contributed by atoms with Crippen molar-refractivity contribution in [2.45, 2.75) is 41.0 Å². The first-order valence-corrected chi connectivity index (χ1v) is 5.76. The SMILES string of the molecule is C=C(/C=C\C)/C(C)=C/C=C(/C)CC.C=CC. The predicted octanol–water partition coefficient (Wildman–Crippen LogP) is 5.61. The molecular formula is C16H26. The lowest BCUT2D eigenvalue weighted by molar-refractivity contribution is 1.10. The minimum Gasteiger partial charge on any atom is -0.103 e. The van der Waals surface area contributed by atoms with Gasteiger partial charge in [-0.2, -0.15) is 0 Å². The summed E-state index contributed by atoms with van der Waals surface area (Å²) in [6.07, 6.45) is 11.2. The monoisotopic (exact) mass is 218 g/mol. The molecule has 90 valence electrons. The molecule has 0 aliphatic rings. The standard InChI is InChI=1S/C13H20.C3H6/c1-6-8-12(4)13(5)10-9-11(3)7-2;1-3-2/h6,8-10H,4,7H2,1-3,5H3;3H,1H2,2H3/b8-6-,11-9-,13-10+;. The highest BCUT2D eigenvalue weighted by Crippen LogP contribution is 2.09. The van der Waals surface area contributed by atoms with Crippen LogP contribution in [0.15, 0.2) is 60.3 Å². The van der Waals surface area contributed by atoms with Crippen LogP contribution in [-0.2, 0) is 0 Å². The molecule has 0 aliphatic carbocycles. The second-order valence-electron chi connectivity index (χ2n) is 3.65. The van der Waals surface area contributed by atoms with Crippen LogP contribution >= 0.6 is 0 Å². The van der Waals surface area contributed by atoms with E-state index >= 15 is 0 Å². The first kappa shape index (κ1) is 17.1. The van der Waals surface area contributed by atoms with Crippen molar-refractivity contribution in [2.24, 2.45) is 0 Å². The lowest BCUT2D eigenvalue weighted by Crippen LogP contribution is -1.78. The molecule has 0 spiro atoms. The lowest BCUT2D eigenvalue weighted by Gasteiger charge is -1.98. The van der Waals surface area contributed by atoms with E-state index in [-0.39, 0.29) is 0 Å². The van der Waals surface area contributed by atoms with Crippen molar-refractivity contribution in [3.63, 3.8) is 0 Å². The summed E-state index contributed by atoms with van der Waals surface area (Å²) < 4.78 is 0. The van der Waals surface area contributed by atoms with E-state index in [0.29, 0.717) is 0 Å². The van der Waals surface area contributed by atoms with E-state index in [4.69, 9.17) is 0 Å². The third-order valence-corrected chi connectivity index (χ3v) is 2.05. The normalized spacial score (nSPS) is 12.1. The summed E-state index contributed by atoms with van der Waals surface area (Å²) in [6.45, 7) is 17.6. The Morgan fingerprint density at radius 2 is 1.62 bits per heavy atom. The van der Waals surface area contributed by atoms with E-state index in [2.05, 4.69) is 46.1 Å². The van der Waals surface area contributed by atoms with Gasteiger partial charge in [0.05, 0.1) is 0 Å². The van der Waals surface area contributed by atoms with Crippen molar-refractivity contribution < 1.29 is 0 Å². The third-order valence-electron chi connectivity index (χ3n) is 2.05. The van der Waals surface area contributed by atoms with Crippen molar-refractivity contribution in [3.05, 3.63) is 60.3 Å². The third kappa shape index (κ3) is 10.8. The van der Waals surface area contributed by atoms with Gasteiger partial charge in [0.1, 0.15) is 0 Å². The maximum atomic E-state index is 3.96. The van der Waals surface area contributed by atoms with Crippen LogP contribution in [0.4, 0.5) is 0 Å². The zero-order valence-electron chi connectivity index (χ0n) is 11.5. The van der Waals surface area contributed by atoms with Gasteiger partial charge >= 0.3 is 0 Å². The van der Waals surface area contributed by atoms with E-state index in [1.807, 2.05) is 26.0 Å². The van der Waals surface area contributed by atoms with Gasteiger partial charge in [0.15, 0.2) is 0 Å². The summed E-state index contributed by atoms with van der Waals surface area (Å²) in [6, 6.07) is 0. The fourth-order valence-corrected chi connectivity index (χ4v) is 0.825. The molecule has 0 atom stereocenters. The van der Waals surface area contributed by atoms with Crippen LogP contribution in [-0.4, -0.2) is 0 Å². The Labute approximate surface area is 102 Å². The number of hydrogen-bond acceptors (Lipinski definition) is 0.